The Bertz CT molecular complexity index is 761. The Morgan fingerprint density at radius 1 is 1.12 bits per heavy atom. The van der Waals surface area contributed by atoms with Crippen LogP contribution in [0.3, 0.4) is 0 Å². The molecule has 126 valence electrons. The predicted octanol–water partition coefficient (Wildman–Crippen LogP) is 1.75. The number of para-hydroxylation sites is 1. The number of ether oxygens (including phenoxy) is 2. The largest absolute Gasteiger partial charge is 0.493 e. The first-order valence-electron chi connectivity index (χ1n) is 7.92. The van der Waals surface area contributed by atoms with Crippen LogP contribution >= 0.6 is 0 Å². The van der Waals surface area contributed by atoms with E-state index in [4.69, 9.17) is 9.47 Å². The number of hydrogen-bond acceptors (Lipinski definition) is 4. The Balaban J connectivity index is 1.82. The first-order valence-corrected chi connectivity index (χ1v) is 7.92. The molecule has 0 radical (unpaired) electrons. The Hall–Kier alpha value is -2.60. The summed E-state index contributed by atoms with van der Waals surface area (Å²) in [5.74, 6) is 1.47. The lowest BCUT2D eigenvalue weighted by atomic mass is 9.98. The van der Waals surface area contributed by atoms with E-state index in [0.29, 0.717) is 6.54 Å². The summed E-state index contributed by atoms with van der Waals surface area (Å²) in [5.41, 5.74) is 3.45. The minimum atomic E-state index is -0.305. The van der Waals surface area contributed by atoms with E-state index in [1.807, 2.05) is 24.3 Å². The maximum Gasteiger partial charge on any atom is 0.278 e. The average molecular weight is 329 g/mol. The first-order chi connectivity index (χ1) is 11.6. The zero-order chi connectivity index (χ0) is 17.1. The highest BCUT2D eigenvalue weighted by molar-refractivity contribution is 5.47. The second kappa shape index (κ2) is 6.88. The fourth-order valence-electron chi connectivity index (χ4n) is 3.29. The molecule has 1 unspecified atom stereocenters. The number of nitro groups is 1. The van der Waals surface area contributed by atoms with Crippen LogP contribution in [-0.4, -0.2) is 25.7 Å². The Labute approximate surface area is 140 Å². The van der Waals surface area contributed by atoms with Gasteiger partial charge in [0.15, 0.2) is 11.5 Å². The molecular formula is C18H21N2O4+. The van der Waals surface area contributed by atoms with Crippen LogP contribution < -0.4 is 14.4 Å². The molecule has 6 nitrogen and oxygen atoms in total. The van der Waals surface area contributed by atoms with Crippen LogP contribution in [0.25, 0.3) is 0 Å². The van der Waals surface area contributed by atoms with E-state index in [-0.39, 0.29) is 10.6 Å². The Morgan fingerprint density at radius 3 is 2.46 bits per heavy atom. The molecule has 0 fully saturated rings. The van der Waals surface area contributed by atoms with Crippen LogP contribution in [0.4, 0.5) is 5.69 Å². The molecule has 1 heterocycles. The molecule has 3 rings (SSSR count). The Morgan fingerprint density at radius 2 is 1.79 bits per heavy atom. The first kappa shape index (κ1) is 16.3. The molecule has 1 atom stereocenters. The lowest BCUT2D eigenvalue weighted by molar-refractivity contribution is -0.929. The third-order valence-electron chi connectivity index (χ3n) is 4.52. The van der Waals surface area contributed by atoms with Crippen LogP contribution in [0.2, 0.25) is 0 Å². The fourth-order valence-corrected chi connectivity index (χ4v) is 3.29. The smallest absolute Gasteiger partial charge is 0.278 e. The quantitative estimate of drug-likeness (QED) is 0.670. The van der Waals surface area contributed by atoms with Crippen molar-refractivity contribution in [3.63, 3.8) is 0 Å². The second-order valence-corrected chi connectivity index (χ2v) is 5.97. The summed E-state index contributed by atoms with van der Waals surface area (Å²) in [6, 6.07) is 11.0. The number of quaternary nitrogens is 1. The summed E-state index contributed by atoms with van der Waals surface area (Å²) in [6.07, 6.45) is 0.922. The number of rotatable bonds is 5. The molecule has 0 aromatic heterocycles. The number of nitro benzene ring substituents is 1. The number of benzene rings is 2. The van der Waals surface area contributed by atoms with Gasteiger partial charge in [0.2, 0.25) is 0 Å². The highest BCUT2D eigenvalue weighted by atomic mass is 16.6. The van der Waals surface area contributed by atoms with E-state index in [1.165, 1.54) is 16.0 Å². The molecule has 2 aromatic carbocycles. The molecule has 0 aliphatic carbocycles. The molecule has 24 heavy (non-hydrogen) atoms. The molecule has 0 bridgehead atoms. The SMILES string of the molecule is COc1cc2c(cc1OC)C[NH+](Cc1ccccc1[N+](=O)[O-])CC2. The molecule has 0 saturated carbocycles. The summed E-state index contributed by atoms with van der Waals surface area (Å²) in [7, 11) is 3.27. The topological polar surface area (TPSA) is 66.0 Å². The third-order valence-corrected chi connectivity index (χ3v) is 4.52. The fraction of sp³-hybridized carbons (Fsp3) is 0.333. The maximum atomic E-state index is 11.2. The summed E-state index contributed by atoms with van der Waals surface area (Å²) in [6.45, 7) is 2.40. The van der Waals surface area contributed by atoms with Gasteiger partial charge in [0.25, 0.3) is 5.69 Å². The number of nitrogens with one attached hydrogen (secondary N) is 1. The summed E-state index contributed by atoms with van der Waals surface area (Å²) in [5, 5.41) is 11.2. The molecule has 0 amide bonds. The van der Waals surface area contributed by atoms with Gasteiger partial charge in [0.05, 0.1) is 31.3 Å². The van der Waals surface area contributed by atoms with Crippen molar-refractivity contribution in [2.45, 2.75) is 19.5 Å². The monoisotopic (exact) mass is 329 g/mol. The van der Waals surface area contributed by atoms with Gasteiger partial charge in [0, 0.05) is 18.1 Å². The molecule has 6 heteroatoms. The highest BCUT2D eigenvalue weighted by Gasteiger charge is 2.24. The van der Waals surface area contributed by atoms with Gasteiger partial charge in [-0.15, -0.1) is 0 Å². The van der Waals surface area contributed by atoms with E-state index in [1.54, 1.807) is 26.4 Å². The van der Waals surface area contributed by atoms with Gasteiger partial charge in [-0.2, -0.15) is 0 Å². The number of nitrogens with zero attached hydrogens (tertiary/aromatic N) is 1. The van der Waals surface area contributed by atoms with Crippen molar-refractivity contribution in [3.05, 3.63) is 63.2 Å². The van der Waals surface area contributed by atoms with Crippen molar-refractivity contribution >= 4 is 5.69 Å². The van der Waals surface area contributed by atoms with E-state index in [9.17, 15) is 10.1 Å². The highest BCUT2D eigenvalue weighted by Crippen LogP contribution is 2.31. The van der Waals surface area contributed by atoms with E-state index in [2.05, 4.69) is 0 Å². The molecule has 0 spiro atoms. The van der Waals surface area contributed by atoms with Gasteiger partial charge in [-0.1, -0.05) is 12.1 Å². The van der Waals surface area contributed by atoms with E-state index >= 15 is 0 Å². The zero-order valence-electron chi connectivity index (χ0n) is 13.9. The number of hydrogen-bond donors (Lipinski definition) is 1. The van der Waals surface area contributed by atoms with Gasteiger partial charge < -0.3 is 14.4 Å². The van der Waals surface area contributed by atoms with E-state index < -0.39 is 0 Å². The van der Waals surface area contributed by atoms with Crippen molar-refractivity contribution in [2.75, 3.05) is 20.8 Å². The average Bonchev–Trinajstić information content (AvgIpc) is 2.60. The van der Waals surface area contributed by atoms with Crippen LogP contribution in [0, 0.1) is 10.1 Å². The van der Waals surface area contributed by atoms with E-state index in [0.717, 1.165) is 36.6 Å². The van der Waals surface area contributed by atoms with Crippen LogP contribution in [0.15, 0.2) is 36.4 Å². The molecule has 0 saturated heterocycles. The molecule has 1 N–H and O–H groups in total. The van der Waals surface area contributed by atoms with Crippen molar-refractivity contribution in [2.24, 2.45) is 0 Å². The van der Waals surface area contributed by atoms with Gasteiger partial charge in [-0.05, 0) is 23.8 Å². The lowest BCUT2D eigenvalue weighted by Gasteiger charge is -2.26. The standard InChI is InChI=1S/C18H20N2O4/c1-23-17-9-13-7-8-19(12-15(13)10-18(17)24-2)11-14-5-3-4-6-16(14)20(21)22/h3-6,9-10H,7-8,11-12H2,1-2H3/p+1. The molecule has 1 aliphatic rings. The minimum absolute atomic E-state index is 0.197. The third kappa shape index (κ3) is 3.19. The van der Waals surface area contributed by atoms with Gasteiger partial charge in [-0.3, -0.25) is 10.1 Å². The minimum Gasteiger partial charge on any atom is -0.493 e. The molecule has 1 aliphatic heterocycles. The maximum absolute atomic E-state index is 11.2. The number of fused-ring (bicyclic) bond motifs is 1. The van der Waals surface area contributed by atoms with Crippen molar-refractivity contribution < 1.29 is 19.3 Å². The normalized spacial score (nSPS) is 16.3. The van der Waals surface area contributed by atoms with Crippen molar-refractivity contribution in [3.8, 4) is 11.5 Å². The van der Waals surface area contributed by atoms with Crippen LogP contribution in [0.5, 0.6) is 11.5 Å². The van der Waals surface area contributed by atoms with Gasteiger partial charge in [-0.25, -0.2) is 0 Å². The van der Waals surface area contributed by atoms with Crippen molar-refractivity contribution in [1.29, 1.82) is 0 Å². The Kier molecular flexibility index (Phi) is 4.66. The van der Waals surface area contributed by atoms with Crippen molar-refractivity contribution in [1.82, 2.24) is 0 Å². The van der Waals surface area contributed by atoms with Gasteiger partial charge >= 0.3 is 0 Å². The van der Waals surface area contributed by atoms with Gasteiger partial charge in [0.1, 0.15) is 13.1 Å². The predicted molar refractivity (Wildman–Crippen MR) is 89.6 cm³/mol. The van der Waals surface area contributed by atoms with Crippen LogP contribution in [-0.2, 0) is 19.5 Å². The second-order valence-electron chi connectivity index (χ2n) is 5.97. The summed E-state index contributed by atoms with van der Waals surface area (Å²) >= 11 is 0. The molecule has 2 aromatic rings. The summed E-state index contributed by atoms with van der Waals surface area (Å²) < 4.78 is 10.7. The zero-order valence-corrected chi connectivity index (χ0v) is 13.9. The molecular weight excluding hydrogens is 308 g/mol. The number of methoxy groups -OCH3 is 2. The lowest BCUT2D eigenvalue weighted by Crippen LogP contribution is -3.10. The summed E-state index contributed by atoms with van der Waals surface area (Å²) in [4.78, 5) is 12.2. The van der Waals surface area contributed by atoms with Crippen LogP contribution in [0.1, 0.15) is 16.7 Å².